The van der Waals surface area contributed by atoms with E-state index in [0.29, 0.717) is 19.4 Å². The summed E-state index contributed by atoms with van der Waals surface area (Å²) in [5.41, 5.74) is 0. The van der Waals surface area contributed by atoms with Crippen molar-refractivity contribution in [1.29, 1.82) is 0 Å². The van der Waals surface area contributed by atoms with E-state index >= 15 is 0 Å². The summed E-state index contributed by atoms with van der Waals surface area (Å²) in [6.07, 6.45) is 9.30. The monoisotopic (exact) mass is 331 g/mol. The van der Waals surface area contributed by atoms with E-state index < -0.39 is 16.1 Å². The van der Waals surface area contributed by atoms with Crippen LogP contribution < -0.4 is 0 Å². The van der Waals surface area contributed by atoms with Crippen LogP contribution in [-0.4, -0.2) is 43.1 Å². The lowest BCUT2D eigenvalue weighted by Crippen LogP contribution is -2.49. The summed E-state index contributed by atoms with van der Waals surface area (Å²) in [7, 11) is -3.34. The van der Waals surface area contributed by atoms with E-state index in [2.05, 4.69) is 0 Å². The number of carbonyl (C=O) groups is 1. The van der Waals surface area contributed by atoms with Gasteiger partial charge in [-0.05, 0) is 51.4 Å². The third-order valence-corrected chi connectivity index (χ3v) is 6.71. The molecule has 2 fully saturated rings. The van der Waals surface area contributed by atoms with Gasteiger partial charge in [0.1, 0.15) is 12.1 Å². The molecule has 0 spiro atoms. The van der Waals surface area contributed by atoms with Crippen molar-refractivity contribution in [1.82, 2.24) is 4.31 Å². The van der Waals surface area contributed by atoms with Crippen LogP contribution in [-0.2, 0) is 19.6 Å². The molecule has 1 aliphatic carbocycles. The summed E-state index contributed by atoms with van der Waals surface area (Å²) in [5, 5.41) is 0. The second-order valence-corrected chi connectivity index (χ2v) is 8.53. The quantitative estimate of drug-likeness (QED) is 0.574. The average Bonchev–Trinajstić information content (AvgIpc) is 2.76. The highest BCUT2D eigenvalue weighted by Gasteiger charge is 2.38. The number of sulfonamides is 1. The van der Waals surface area contributed by atoms with E-state index in [1.54, 1.807) is 0 Å². The maximum atomic E-state index is 12.5. The smallest absolute Gasteiger partial charge is 0.324 e. The minimum atomic E-state index is -3.34. The molecule has 5 nitrogen and oxygen atoms in total. The van der Waals surface area contributed by atoms with Crippen LogP contribution >= 0.6 is 0 Å². The van der Waals surface area contributed by atoms with Crippen molar-refractivity contribution in [3.8, 4) is 0 Å². The molecule has 1 saturated heterocycles. The topological polar surface area (TPSA) is 63.7 Å². The molecular formula is C16H29NO4S. The van der Waals surface area contributed by atoms with Crippen LogP contribution in [0.2, 0.25) is 0 Å². The molecule has 0 aromatic carbocycles. The molecule has 0 amide bonds. The van der Waals surface area contributed by atoms with E-state index in [1.807, 2.05) is 6.92 Å². The largest absolute Gasteiger partial charge is 0.461 e. The van der Waals surface area contributed by atoms with Gasteiger partial charge in [-0.25, -0.2) is 8.42 Å². The van der Waals surface area contributed by atoms with Crippen molar-refractivity contribution in [3.05, 3.63) is 0 Å². The van der Waals surface area contributed by atoms with Crippen LogP contribution in [0.4, 0.5) is 0 Å². The predicted molar refractivity (Wildman–Crippen MR) is 86.0 cm³/mol. The third-order valence-electron chi connectivity index (χ3n) is 4.63. The van der Waals surface area contributed by atoms with Gasteiger partial charge in [-0.15, -0.1) is 0 Å². The molecule has 128 valence electrons. The molecule has 22 heavy (non-hydrogen) atoms. The highest BCUT2D eigenvalue weighted by Crippen LogP contribution is 2.25. The van der Waals surface area contributed by atoms with Gasteiger partial charge in [-0.3, -0.25) is 4.79 Å². The summed E-state index contributed by atoms with van der Waals surface area (Å²) < 4.78 is 31.8. The zero-order chi connectivity index (χ0) is 16.0. The molecule has 0 bridgehead atoms. The number of ether oxygens (including phenoxy) is 1. The van der Waals surface area contributed by atoms with Crippen LogP contribution in [0.3, 0.4) is 0 Å². The van der Waals surface area contributed by atoms with Gasteiger partial charge in [-0.2, -0.15) is 4.31 Å². The standard InChI is InChI=1S/C16H29NO4S/c1-2-13-22(19,20)17-12-8-7-11-15(17)16(18)21-14-9-5-3-4-6-10-14/h14-15H,2-13H2,1H3/t15-/m1/s1. The molecule has 0 aromatic rings. The van der Waals surface area contributed by atoms with Gasteiger partial charge in [0.25, 0.3) is 0 Å². The fourth-order valence-electron chi connectivity index (χ4n) is 3.45. The van der Waals surface area contributed by atoms with Crippen LogP contribution in [0.25, 0.3) is 0 Å². The highest BCUT2D eigenvalue weighted by molar-refractivity contribution is 7.89. The number of nitrogens with zero attached hydrogens (tertiary/aromatic N) is 1. The number of piperidine rings is 1. The molecule has 1 saturated carbocycles. The Labute approximate surface area is 134 Å². The second kappa shape index (κ2) is 8.29. The normalized spacial score (nSPS) is 25.6. The van der Waals surface area contributed by atoms with Crippen LogP contribution in [0.5, 0.6) is 0 Å². The number of carbonyl (C=O) groups excluding carboxylic acids is 1. The lowest BCUT2D eigenvalue weighted by Gasteiger charge is -2.33. The summed E-state index contributed by atoms with van der Waals surface area (Å²) >= 11 is 0. The minimum absolute atomic E-state index is 0.0207. The van der Waals surface area contributed by atoms with Gasteiger partial charge < -0.3 is 4.74 Å². The molecule has 0 N–H and O–H groups in total. The van der Waals surface area contributed by atoms with E-state index in [9.17, 15) is 13.2 Å². The minimum Gasteiger partial charge on any atom is -0.461 e. The first-order valence-corrected chi connectivity index (χ1v) is 10.4. The van der Waals surface area contributed by atoms with Gasteiger partial charge >= 0.3 is 5.97 Å². The zero-order valence-corrected chi connectivity index (χ0v) is 14.4. The Morgan fingerprint density at radius 2 is 1.68 bits per heavy atom. The van der Waals surface area contributed by atoms with Gasteiger partial charge in [0.15, 0.2) is 0 Å². The summed E-state index contributed by atoms with van der Waals surface area (Å²) in [6, 6.07) is -0.603. The molecular weight excluding hydrogens is 302 g/mol. The fraction of sp³-hybridized carbons (Fsp3) is 0.938. The average molecular weight is 331 g/mol. The maximum absolute atomic E-state index is 12.5. The van der Waals surface area contributed by atoms with Crippen molar-refractivity contribution in [2.45, 2.75) is 83.3 Å². The van der Waals surface area contributed by atoms with Crippen LogP contribution in [0.15, 0.2) is 0 Å². The molecule has 0 radical (unpaired) electrons. The molecule has 2 rings (SSSR count). The Bertz CT molecular complexity index is 455. The van der Waals surface area contributed by atoms with Gasteiger partial charge in [0.2, 0.25) is 10.0 Å². The summed E-state index contributed by atoms with van der Waals surface area (Å²) in [6.45, 7) is 2.30. The summed E-state index contributed by atoms with van der Waals surface area (Å²) in [4.78, 5) is 12.5. The Kier molecular flexibility index (Phi) is 6.68. The van der Waals surface area contributed by atoms with E-state index in [0.717, 1.165) is 38.5 Å². The maximum Gasteiger partial charge on any atom is 0.324 e. The van der Waals surface area contributed by atoms with E-state index in [-0.39, 0.29) is 17.8 Å². The Hall–Kier alpha value is -0.620. The lowest BCUT2D eigenvalue weighted by molar-refractivity contribution is -0.155. The van der Waals surface area contributed by atoms with Crippen molar-refractivity contribution in [2.75, 3.05) is 12.3 Å². The molecule has 6 heteroatoms. The van der Waals surface area contributed by atoms with Crippen molar-refractivity contribution in [3.63, 3.8) is 0 Å². The number of hydrogen-bond donors (Lipinski definition) is 0. The first kappa shape index (κ1) is 17.7. The fourth-order valence-corrected chi connectivity index (χ4v) is 5.19. The number of hydrogen-bond acceptors (Lipinski definition) is 4. The Morgan fingerprint density at radius 1 is 1.05 bits per heavy atom. The molecule has 0 unspecified atom stereocenters. The van der Waals surface area contributed by atoms with Crippen LogP contribution in [0, 0.1) is 0 Å². The van der Waals surface area contributed by atoms with Crippen molar-refractivity contribution >= 4 is 16.0 Å². The lowest BCUT2D eigenvalue weighted by atomic mass is 10.0. The highest BCUT2D eigenvalue weighted by atomic mass is 32.2. The zero-order valence-electron chi connectivity index (χ0n) is 13.6. The Morgan fingerprint density at radius 3 is 2.32 bits per heavy atom. The SMILES string of the molecule is CCCS(=O)(=O)N1CCCC[C@@H]1C(=O)OC1CCCCCC1. The van der Waals surface area contributed by atoms with Gasteiger partial charge in [-0.1, -0.05) is 19.8 Å². The van der Waals surface area contributed by atoms with Gasteiger partial charge in [0, 0.05) is 6.54 Å². The first-order valence-electron chi connectivity index (χ1n) is 8.74. The molecule has 2 aliphatic rings. The second-order valence-electron chi connectivity index (χ2n) is 6.49. The van der Waals surface area contributed by atoms with Crippen molar-refractivity contribution < 1.29 is 17.9 Å². The van der Waals surface area contributed by atoms with Crippen molar-refractivity contribution in [2.24, 2.45) is 0 Å². The molecule has 1 aliphatic heterocycles. The summed E-state index contributed by atoms with van der Waals surface area (Å²) in [5.74, 6) is -0.216. The van der Waals surface area contributed by atoms with Gasteiger partial charge in [0.05, 0.1) is 5.75 Å². The molecule has 1 atom stereocenters. The van der Waals surface area contributed by atoms with E-state index in [4.69, 9.17) is 4.74 Å². The molecule has 0 aromatic heterocycles. The number of esters is 1. The Balaban J connectivity index is 2.01. The predicted octanol–water partition coefficient (Wildman–Crippen LogP) is 2.85. The van der Waals surface area contributed by atoms with E-state index in [1.165, 1.54) is 17.1 Å². The van der Waals surface area contributed by atoms with Crippen LogP contribution in [0.1, 0.15) is 71.1 Å². The third kappa shape index (κ3) is 4.69. The molecule has 1 heterocycles. The number of rotatable bonds is 5. The first-order chi connectivity index (χ1) is 10.5.